The number of carbonyl (C=O) groups excluding carboxylic acids is 1. The highest BCUT2D eigenvalue weighted by molar-refractivity contribution is 7.91. The first-order chi connectivity index (χ1) is 8.98. The Morgan fingerprint density at radius 3 is 2.53 bits per heavy atom. The molecule has 0 aliphatic carbocycles. The number of methoxy groups -OCH3 is 1. The van der Waals surface area contributed by atoms with Crippen molar-refractivity contribution in [3.8, 4) is 5.75 Å². The van der Waals surface area contributed by atoms with Crippen LogP contribution in [0.25, 0.3) is 0 Å². The van der Waals surface area contributed by atoms with Crippen LogP contribution >= 0.6 is 0 Å². The maximum absolute atomic E-state index is 11.7. The van der Waals surface area contributed by atoms with Gasteiger partial charge in [0.15, 0.2) is 9.84 Å². The van der Waals surface area contributed by atoms with Gasteiger partial charge >= 0.3 is 6.03 Å². The lowest BCUT2D eigenvalue weighted by atomic mass is 10.3. The van der Waals surface area contributed by atoms with E-state index in [-0.39, 0.29) is 17.5 Å². The molecule has 7 heteroatoms. The highest BCUT2D eigenvalue weighted by atomic mass is 32.2. The second-order valence-corrected chi connectivity index (χ2v) is 6.66. The molecule has 6 nitrogen and oxygen atoms in total. The Kier molecular flexibility index (Phi) is 3.94. The first-order valence-electron chi connectivity index (χ1n) is 5.90. The number of carbonyl (C=O) groups is 1. The summed E-state index contributed by atoms with van der Waals surface area (Å²) >= 11 is 0. The van der Waals surface area contributed by atoms with Crippen LogP contribution in [-0.4, -0.2) is 39.1 Å². The summed E-state index contributed by atoms with van der Waals surface area (Å²) in [6.45, 7) is 0. The molecule has 1 aromatic rings. The van der Waals surface area contributed by atoms with Gasteiger partial charge in [0.1, 0.15) is 5.75 Å². The zero-order valence-electron chi connectivity index (χ0n) is 10.5. The molecule has 0 saturated carbocycles. The van der Waals surface area contributed by atoms with Gasteiger partial charge in [0.25, 0.3) is 0 Å². The Morgan fingerprint density at radius 2 is 2.00 bits per heavy atom. The normalized spacial score (nSPS) is 20.8. The van der Waals surface area contributed by atoms with Crippen molar-refractivity contribution in [3.63, 3.8) is 0 Å². The van der Waals surface area contributed by atoms with Gasteiger partial charge in [0.2, 0.25) is 0 Å². The Hall–Kier alpha value is -1.76. The number of sulfone groups is 1. The van der Waals surface area contributed by atoms with E-state index in [2.05, 4.69) is 10.6 Å². The molecule has 104 valence electrons. The second kappa shape index (κ2) is 5.48. The Labute approximate surface area is 112 Å². The third kappa shape index (κ3) is 3.85. The first kappa shape index (κ1) is 13.7. The largest absolute Gasteiger partial charge is 0.497 e. The van der Waals surface area contributed by atoms with E-state index < -0.39 is 15.9 Å². The van der Waals surface area contributed by atoms with Crippen molar-refractivity contribution in [1.82, 2.24) is 5.32 Å². The van der Waals surface area contributed by atoms with Crippen molar-refractivity contribution >= 4 is 21.6 Å². The van der Waals surface area contributed by atoms with E-state index in [1.165, 1.54) is 0 Å². The highest BCUT2D eigenvalue weighted by Gasteiger charge is 2.28. The van der Waals surface area contributed by atoms with E-state index >= 15 is 0 Å². The topological polar surface area (TPSA) is 84.5 Å². The van der Waals surface area contributed by atoms with Crippen molar-refractivity contribution < 1.29 is 17.9 Å². The monoisotopic (exact) mass is 284 g/mol. The molecule has 1 aliphatic heterocycles. The molecule has 2 rings (SSSR count). The van der Waals surface area contributed by atoms with Crippen molar-refractivity contribution in [3.05, 3.63) is 24.3 Å². The van der Waals surface area contributed by atoms with Gasteiger partial charge in [-0.1, -0.05) is 0 Å². The second-order valence-electron chi connectivity index (χ2n) is 4.43. The molecule has 1 fully saturated rings. The van der Waals surface area contributed by atoms with E-state index in [1.807, 2.05) is 0 Å². The zero-order valence-corrected chi connectivity index (χ0v) is 11.4. The Balaban J connectivity index is 1.87. The van der Waals surface area contributed by atoms with E-state index in [1.54, 1.807) is 31.4 Å². The third-order valence-corrected chi connectivity index (χ3v) is 4.68. The van der Waals surface area contributed by atoms with E-state index in [4.69, 9.17) is 4.74 Å². The number of anilines is 1. The standard InChI is InChI=1S/C12H16N2O4S/c1-18-11-4-2-9(3-5-11)13-12(15)14-10-6-7-19(16,17)8-10/h2-5,10H,6-8H2,1H3,(H2,13,14,15)/t10-/m1/s1. The summed E-state index contributed by atoms with van der Waals surface area (Å²) in [4.78, 5) is 11.7. The molecule has 1 saturated heterocycles. The third-order valence-electron chi connectivity index (χ3n) is 2.92. The summed E-state index contributed by atoms with van der Waals surface area (Å²) in [5.41, 5.74) is 0.624. The average molecular weight is 284 g/mol. The van der Waals surface area contributed by atoms with Crippen LogP contribution < -0.4 is 15.4 Å². The van der Waals surface area contributed by atoms with Crippen LogP contribution in [0.15, 0.2) is 24.3 Å². The molecule has 1 atom stereocenters. The van der Waals surface area contributed by atoms with Gasteiger partial charge in [-0.2, -0.15) is 0 Å². The number of benzene rings is 1. The molecule has 0 aromatic heterocycles. The van der Waals surface area contributed by atoms with Gasteiger partial charge in [-0.3, -0.25) is 0 Å². The molecule has 1 aliphatic rings. The number of hydrogen-bond acceptors (Lipinski definition) is 4. The summed E-state index contributed by atoms with van der Waals surface area (Å²) < 4.78 is 27.5. The predicted octanol–water partition coefficient (Wildman–Crippen LogP) is 1.00. The molecule has 2 N–H and O–H groups in total. The number of urea groups is 1. The molecule has 19 heavy (non-hydrogen) atoms. The lowest BCUT2D eigenvalue weighted by Gasteiger charge is -2.12. The molecular weight excluding hydrogens is 268 g/mol. The van der Waals surface area contributed by atoms with Crippen LogP contribution in [0.1, 0.15) is 6.42 Å². The number of rotatable bonds is 3. The molecule has 0 bridgehead atoms. The SMILES string of the molecule is COc1ccc(NC(=O)N[C@@H]2CCS(=O)(=O)C2)cc1. The minimum absolute atomic E-state index is 0.0169. The number of nitrogens with one attached hydrogen (secondary N) is 2. The molecule has 0 unspecified atom stereocenters. The summed E-state index contributed by atoms with van der Waals surface area (Å²) in [6.07, 6.45) is 0.471. The van der Waals surface area contributed by atoms with Crippen LogP contribution in [0, 0.1) is 0 Å². The smallest absolute Gasteiger partial charge is 0.319 e. The fraction of sp³-hybridized carbons (Fsp3) is 0.417. The molecule has 2 amide bonds. The quantitative estimate of drug-likeness (QED) is 0.867. The van der Waals surface area contributed by atoms with Crippen LogP contribution in [0.4, 0.5) is 10.5 Å². The zero-order chi connectivity index (χ0) is 13.9. The highest BCUT2D eigenvalue weighted by Crippen LogP contribution is 2.15. The molecule has 1 heterocycles. The van der Waals surface area contributed by atoms with E-state index in [0.29, 0.717) is 17.9 Å². The van der Waals surface area contributed by atoms with Crippen LogP contribution in [0.2, 0.25) is 0 Å². The summed E-state index contributed by atoms with van der Waals surface area (Å²) in [5, 5.41) is 5.30. The van der Waals surface area contributed by atoms with Gasteiger partial charge < -0.3 is 15.4 Å². The summed E-state index contributed by atoms with van der Waals surface area (Å²) in [6, 6.07) is 6.19. The van der Waals surface area contributed by atoms with E-state index in [0.717, 1.165) is 0 Å². The van der Waals surface area contributed by atoms with Crippen molar-refractivity contribution in [2.75, 3.05) is 23.9 Å². The Bertz CT molecular complexity index is 554. The minimum atomic E-state index is -2.98. The van der Waals surface area contributed by atoms with Gasteiger partial charge in [0.05, 0.1) is 18.6 Å². The van der Waals surface area contributed by atoms with Crippen LogP contribution in [-0.2, 0) is 9.84 Å². The number of hydrogen-bond donors (Lipinski definition) is 2. The number of amides is 2. The summed E-state index contributed by atoms with van der Waals surface area (Å²) in [5.74, 6) is 0.858. The maximum atomic E-state index is 11.7. The maximum Gasteiger partial charge on any atom is 0.319 e. The number of ether oxygens (including phenoxy) is 1. The van der Waals surface area contributed by atoms with E-state index in [9.17, 15) is 13.2 Å². The molecular formula is C12H16N2O4S. The summed E-state index contributed by atoms with van der Waals surface area (Å²) in [7, 11) is -1.42. The van der Waals surface area contributed by atoms with Gasteiger partial charge in [-0.15, -0.1) is 0 Å². The Morgan fingerprint density at radius 1 is 1.32 bits per heavy atom. The lowest BCUT2D eigenvalue weighted by Crippen LogP contribution is -2.38. The fourth-order valence-corrected chi connectivity index (χ4v) is 3.61. The fourth-order valence-electron chi connectivity index (χ4n) is 1.94. The minimum Gasteiger partial charge on any atom is -0.497 e. The van der Waals surface area contributed by atoms with Crippen LogP contribution in [0.3, 0.4) is 0 Å². The van der Waals surface area contributed by atoms with Gasteiger partial charge in [0, 0.05) is 11.7 Å². The van der Waals surface area contributed by atoms with Crippen molar-refractivity contribution in [2.24, 2.45) is 0 Å². The molecule has 1 aromatic carbocycles. The van der Waals surface area contributed by atoms with Crippen molar-refractivity contribution in [1.29, 1.82) is 0 Å². The first-order valence-corrected chi connectivity index (χ1v) is 7.73. The van der Waals surface area contributed by atoms with Gasteiger partial charge in [-0.25, -0.2) is 13.2 Å². The molecule has 0 spiro atoms. The van der Waals surface area contributed by atoms with Gasteiger partial charge in [-0.05, 0) is 30.7 Å². The molecule has 0 radical (unpaired) electrons. The lowest BCUT2D eigenvalue weighted by molar-refractivity contribution is 0.249. The average Bonchev–Trinajstić information content (AvgIpc) is 2.69. The predicted molar refractivity (Wildman–Crippen MR) is 72.2 cm³/mol. The van der Waals surface area contributed by atoms with Crippen molar-refractivity contribution in [2.45, 2.75) is 12.5 Å². The van der Waals surface area contributed by atoms with Crippen LogP contribution in [0.5, 0.6) is 5.75 Å².